The average molecular weight is 460 g/mol. The quantitative estimate of drug-likeness (QED) is 0.383. The number of ether oxygens (including phenoxy) is 2. The van der Waals surface area contributed by atoms with Crippen LogP contribution >= 0.6 is 24.0 Å². The number of hydrogen-bond donors (Lipinski definition) is 1. The van der Waals surface area contributed by atoms with Crippen LogP contribution in [0.3, 0.4) is 0 Å². The number of morpholine rings is 1. The molecule has 0 spiro atoms. The lowest BCUT2D eigenvalue weighted by molar-refractivity contribution is 0.0322. The van der Waals surface area contributed by atoms with Gasteiger partial charge in [0.25, 0.3) is 0 Å². The van der Waals surface area contributed by atoms with Crippen molar-refractivity contribution in [1.82, 2.24) is 9.80 Å². The van der Waals surface area contributed by atoms with Gasteiger partial charge < -0.3 is 20.1 Å². The van der Waals surface area contributed by atoms with Gasteiger partial charge in [0.2, 0.25) is 0 Å². The van der Waals surface area contributed by atoms with Crippen LogP contribution in [0.2, 0.25) is 0 Å². The first-order valence-corrected chi connectivity index (χ1v) is 8.77. The van der Waals surface area contributed by atoms with E-state index in [-0.39, 0.29) is 24.0 Å². The van der Waals surface area contributed by atoms with Crippen LogP contribution in [0.4, 0.5) is 0 Å². The van der Waals surface area contributed by atoms with Crippen molar-refractivity contribution in [2.24, 2.45) is 10.7 Å². The van der Waals surface area contributed by atoms with Gasteiger partial charge in [-0.1, -0.05) is 12.1 Å². The predicted octanol–water partition coefficient (Wildman–Crippen LogP) is 1.92. The van der Waals surface area contributed by atoms with E-state index >= 15 is 0 Å². The zero-order valence-electron chi connectivity index (χ0n) is 14.9. The molecule has 0 bridgehead atoms. The highest BCUT2D eigenvalue weighted by Crippen LogP contribution is 2.25. The molecule has 2 fully saturated rings. The van der Waals surface area contributed by atoms with E-state index in [1.807, 2.05) is 25.2 Å². The summed E-state index contributed by atoms with van der Waals surface area (Å²) in [4.78, 5) is 8.93. The van der Waals surface area contributed by atoms with Gasteiger partial charge in [-0.05, 0) is 30.5 Å². The number of benzene rings is 1. The van der Waals surface area contributed by atoms with Gasteiger partial charge in [-0.2, -0.15) is 0 Å². The molecule has 0 radical (unpaired) electrons. The molecule has 1 saturated heterocycles. The van der Waals surface area contributed by atoms with E-state index in [2.05, 4.69) is 20.9 Å². The Labute approximate surface area is 167 Å². The van der Waals surface area contributed by atoms with E-state index in [0.29, 0.717) is 25.2 Å². The SMILES string of the molecule is CN(C(N)=NCc1cccc(OCCN2CCOCC2)c1)C1CC1.I. The Morgan fingerprint density at radius 1 is 1.36 bits per heavy atom. The third kappa shape index (κ3) is 6.63. The molecule has 0 unspecified atom stereocenters. The highest BCUT2D eigenvalue weighted by molar-refractivity contribution is 14.0. The minimum Gasteiger partial charge on any atom is -0.492 e. The van der Waals surface area contributed by atoms with Gasteiger partial charge in [0, 0.05) is 32.7 Å². The maximum atomic E-state index is 6.04. The van der Waals surface area contributed by atoms with Gasteiger partial charge in [-0.25, -0.2) is 4.99 Å². The second-order valence-corrected chi connectivity index (χ2v) is 6.47. The van der Waals surface area contributed by atoms with Crippen molar-refractivity contribution in [2.45, 2.75) is 25.4 Å². The third-order valence-electron chi connectivity index (χ3n) is 4.56. The van der Waals surface area contributed by atoms with Crippen LogP contribution in [0.15, 0.2) is 29.3 Å². The van der Waals surface area contributed by atoms with Crippen LogP contribution in [0.5, 0.6) is 5.75 Å². The normalized spacial score (nSPS) is 18.5. The number of halogens is 1. The first-order valence-electron chi connectivity index (χ1n) is 8.77. The highest BCUT2D eigenvalue weighted by Gasteiger charge is 2.27. The minimum atomic E-state index is 0. The molecular formula is C18H29IN4O2. The molecule has 7 heteroatoms. The smallest absolute Gasteiger partial charge is 0.191 e. The Kier molecular flexibility index (Phi) is 8.25. The number of nitrogens with zero attached hydrogens (tertiary/aromatic N) is 3. The Morgan fingerprint density at radius 3 is 2.84 bits per heavy atom. The van der Waals surface area contributed by atoms with Gasteiger partial charge in [-0.3, -0.25) is 4.90 Å². The van der Waals surface area contributed by atoms with Crippen molar-refractivity contribution >= 4 is 29.9 Å². The van der Waals surface area contributed by atoms with Crippen LogP contribution in [0.25, 0.3) is 0 Å². The summed E-state index contributed by atoms with van der Waals surface area (Å²) in [5.74, 6) is 1.52. The largest absolute Gasteiger partial charge is 0.492 e. The lowest BCUT2D eigenvalue weighted by Gasteiger charge is -2.26. The Balaban J connectivity index is 0.00000225. The summed E-state index contributed by atoms with van der Waals surface area (Å²) in [6.07, 6.45) is 2.44. The van der Waals surface area contributed by atoms with E-state index in [0.717, 1.165) is 44.2 Å². The molecule has 1 saturated carbocycles. The van der Waals surface area contributed by atoms with Crippen molar-refractivity contribution in [3.8, 4) is 5.75 Å². The van der Waals surface area contributed by atoms with E-state index in [4.69, 9.17) is 15.2 Å². The molecule has 2 N–H and O–H groups in total. The van der Waals surface area contributed by atoms with Crippen molar-refractivity contribution in [1.29, 1.82) is 0 Å². The van der Waals surface area contributed by atoms with Gasteiger partial charge in [0.05, 0.1) is 19.8 Å². The van der Waals surface area contributed by atoms with Crippen molar-refractivity contribution in [2.75, 3.05) is 46.5 Å². The molecule has 0 aromatic heterocycles. The number of nitrogens with two attached hydrogens (primary N) is 1. The monoisotopic (exact) mass is 460 g/mol. The van der Waals surface area contributed by atoms with Gasteiger partial charge in [-0.15, -0.1) is 24.0 Å². The van der Waals surface area contributed by atoms with Crippen LogP contribution < -0.4 is 10.5 Å². The lowest BCUT2D eigenvalue weighted by Crippen LogP contribution is -2.38. The topological polar surface area (TPSA) is 63.3 Å². The molecule has 140 valence electrons. The highest BCUT2D eigenvalue weighted by atomic mass is 127. The maximum Gasteiger partial charge on any atom is 0.191 e. The fourth-order valence-corrected chi connectivity index (χ4v) is 2.78. The summed E-state index contributed by atoms with van der Waals surface area (Å²) in [5.41, 5.74) is 7.15. The van der Waals surface area contributed by atoms with Crippen LogP contribution in [-0.2, 0) is 11.3 Å². The fraction of sp³-hybridized carbons (Fsp3) is 0.611. The molecule has 25 heavy (non-hydrogen) atoms. The second kappa shape index (κ2) is 10.2. The Morgan fingerprint density at radius 2 is 2.12 bits per heavy atom. The zero-order chi connectivity index (χ0) is 16.8. The summed E-state index contributed by atoms with van der Waals surface area (Å²) in [5, 5.41) is 0. The molecule has 6 nitrogen and oxygen atoms in total. The van der Waals surface area contributed by atoms with Crippen LogP contribution in [-0.4, -0.2) is 68.3 Å². The number of hydrogen-bond acceptors (Lipinski definition) is 4. The van der Waals surface area contributed by atoms with E-state index in [1.165, 1.54) is 12.8 Å². The molecule has 1 aliphatic heterocycles. The molecule has 0 atom stereocenters. The van der Waals surface area contributed by atoms with Crippen LogP contribution in [0, 0.1) is 0 Å². The Bertz CT molecular complexity index is 560. The van der Waals surface area contributed by atoms with Gasteiger partial charge in [0.15, 0.2) is 5.96 Å². The third-order valence-corrected chi connectivity index (χ3v) is 4.56. The standard InChI is InChI=1S/C18H28N4O2.HI/c1-21(16-5-6-16)18(19)20-14-15-3-2-4-17(13-15)24-12-9-22-7-10-23-11-8-22;/h2-4,13,16H,5-12,14H2,1H3,(H2,19,20);1H. The first kappa shape index (κ1) is 20.3. The van der Waals surface area contributed by atoms with Gasteiger partial charge >= 0.3 is 0 Å². The van der Waals surface area contributed by atoms with E-state index in [9.17, 15) is 0 Å². The summed E-state index contributed by atoms with van der Waals surface area (Å²) in [6, 6.07) is 8.70. The Hall–Kier alpha value is -1.06. The van der Waals surface area contributed by atoms with E-state index < -0.39 is 0 Å². The van der Waals surface area contributed by atoms with Gasteiger partial charge in [0.1, 0.15) is 12.4 Å². The number of aliphatic imine (C=N–C) groups is 1. The summed E-state index contributed by atoms with van der Waals surface area (Å²) in [7, 11) is 2.02. The molecule has 1 aromatic carbocycles. The summed E-state index contributed by atoms with van der Waals surface area (Å²) in [6.45, 7) is 5.85. The molecule has 3 rings (SSSR count). The molecule has 1 aliphatic carbocycles. The van der Waals surface area contributed by atoms with Crippen molar-refractivity contribution < 1.29 is 9.47 Å². The van der Waals surface area contributed by atoms with Crippen molar-refractivity contribution in [3.63, 3.8) is 0 Å². The van der Waals surface area contributed by atoms with Crippen molar-refractivity contribution in [3.05, 3.63) is 29.8 Å². The number of guanidine groups is 1. The fourth-order valence-electron chi connectivity index (χ4n) is 2.78. The molecular weight excluding hydrogens is 431 g/mol. The molecule has 0 amide bonds. The molecule has 2 aliphatic rings. The zero-order valence-corrected chi connectivity index (χ0v) is 17.2. The van der Waals surface area contributed by atoms with E-state index in [1.54, 1.807) is 0 Å². The summed E-state index contributed by atoms with van der Waals surface area (Å²) >= 11 is 0. The predicted molar refractivity (Wildman–Crippen MR) is 111 cm³/mol. The lowest BCUT2D eigenvalue weighted by atomic mass is 10.2. The first-order chi connectivity index (χ1) is 11.7. The second-order valence-electron chi connectivity index (χ2n) is 6.47. The molecule has 1 heterocycles. The minimum absolute atomic E-state index is 0. The maximum absolute atomic E-state index is 6.04. The van der Waals surface area contributed by atoms with Crippen LogP contribution in [0.1, 0.15) is 18.4 Å². The summed E-state index contributed by atoms with van der Waals surface area (Å²) < 4.78 is 11.2. The molecule has 1 aromatic rings. The number of rotatable bonds is 7. The average Bonchev–Trinajstić information content (AvgIpc) is 3.45.